The van der Waals surface area contributed by atoms with E-state index in [4.69, 9.17) is 0 Å². The number of Topliss-reactive ketones (excluding diaryl/α,β-unsaturated/α-hetero) is 2. The predicted octanol–water partition coefficient (Wildman–Crippen LogP) is 3.25. The number of alkyl halides is 3. The predicted molar refractivity (Wildman–Crippen MR) is 166 cm³/mol. The normalized spacial score (nSPS) is 25.6. The highest BCUT2D eigenvalue weighted by atomic mass is 19.4. The maximum absolute atomic E-state index is 14.3. The van der Waals surface area contributed by atoms with Crippen LogP contribution in [-0.4, -0.2) is 83.7 Å². The summed E-state index contributed by atoms with van der Waals surface area (Å²) >= 11 is 0. The van der Waals surface area contributed by atoms with Crippen LogP contribution in [0.3, 0.4) is 0 Å². The number of carbonyl (C=O) groups is 6. The van der Waals surface area contributed by atoms with E-state index >= 15 is 0 Å². The molecule has 6 atom stereocenters. The fraction of sp³-hybridized carbons (Fsp3) is 0.818. The minimum absolute atomic E-state index is 0.0411. The molecule has 4 aliphatic rings. The van der Waals surface area contributed by atoms with Gasteiger partial charge in [0.1, 0.15) is 18.1 Å². The van der Waals surface area contributed by atoms with Gasteiger partial charge in [-0.05, 0) is 61.2 Å². The Bertz CT molecular complexity index is 1230. The maximum Gasteiger partial charge on any atom is 0.391 e. The molecule has 264 valence electrons. The van der Waals surface area contributed by atoms with Crippen LogP contribution in [0.1, 0.15) is 92.4 Å². The van der Waals surface area contributed by atoms with Crippen LogP contribution < -0.4 is 21.3 Å². The van der Waals surface area contributed by atoms with Gasteiger partial charge in [0, 0.05) is 19.0 Å². The number of ketones is 2. The molecular formula is C33H50F3N5O6. The Labute approximate surface area is 274 Å². The van der Waals surface area contributed by atoms with Crippen molar-refractivity contribution in [1.29, 1.82) is 0 Å². The number of carbonyl (C=O) groups excluding carboxylic acids is 6. The van der Waals surface area contributed by atoms with Gasteiger partial charge in [0.2, 0.25) is 17.6 Å². The Balaban J connectivity index is 1.56. The first-order valence-electron chi connectivity index (χ1n) is 17.1. The standard InChI is InChI=1S/C33H50F3N5O6/c1-6-14-37-29(45)27(43)21(15-33(34,35)36)38-28(44)25-22-20(32(22,4)5)16-41(25)30(46)24(18-10-8-7-9-11-18)40-31(47)39-23(17(2)3)26(42)19-12-13-19/h17-25H,6-16H2,1-5H3,(H,37,45)(H,38,44)(H2,39,40,47)/t20-,21?,22-,23-,24-,25-/m0/s1. The van der Waals surface area contributed by atoms with Crippen LogP contribution in [0.25, 0.3) is 0 Å². The highest BCUT2D eigenvalue weighted by molar-refractivity contribution is 6.38. The minimum Gasteiger partial charge on any atom is -0.349 e. The van der Waals surface area contributed by atoms with E-state index in [2.05, 4.69) is 21.3 Å². The number of hydrogen-bond acceptors (Lipinski definition) is 6. The summed E-state index contributed by atoms with van der Waals surface area (Å²) in [6, 6.07) is -5.77. The minimum atomic E-state index is -4.86. The number of hydrogen-bond donors (Lipinski definition) is 4. The van der Waals surface area contributed by atoms with Crippen molar-refractivity contribution in [3.63, 3.8) is 0 Å². The van der Waals surface area contributed by atoms with Crippen molar-refractivity contribution < 1.29 is 41.9 Å². The number of rotatable bonds is 14. The third-order valence-electron chi connectivity index (χ3n) is 10.5. The Morgan fingerprint density at radius 1 is 0.915 bits per heavy atom. The van der Waals surface area contributed by atoms with Crippen LogP contribution in [0.15, 0.2) is 0 Å². The molecule has 14 heteroatoms. The summed E-state index contributed by atoms with van der Waals surface area (Å²) in [6.45, 7) is 9.44. The van der Waals surface area contributed by atoms with Gasteiger partial charge in [0.15, 0.2) is 5.78 Å². The highest BCUT2D eigenvalue weighted by Gasteiger charge is 2.70. The van der Waals surface area contributed by atoms with Crippen molar-refractivity contribution in [2.24, 2.45) is 35.0 Å². The summed E-state index contributed by atoms with van der Waals surface area (Å²) in [5.74, 6) is -5.14. The number of likely N-dealkylation sites (tertiary alicyclic amines) is 1. The number of amides is 5. The Hall–Kier alpha value is -3.19. The number of nitrogens with zero attached hydrogens (tertiary/aromatic N) is 1. The zero-order valence-electron chi connectivity index (χ0n) is 28.0. The van der Waals surface area contributed by atoms with E-state index in [-0.39, 0.29) is 53.9 Å². The molecule has 3 saturated carbocycles. The lowest BCUT2D eigenvalue weighted by Gasteiger charge is -2.37. The van der Waals surface area contributed by atoms with Gasteiger partial charge in [-0.2, -0.15) is 13.2 Å². The number of urea groups is 1. The van der Waals surface area contributed by atoms with Crippen LogP contribution in [0.4, 0.5) is 18.0 Å². The van der Waals surface area contributed by atoms with Gasteiger partial charge in [-0.1, -0.05) is 53.9 Å². The first-order valence-corrected chi connectivity index (χ1v) is 17.1. The second-order valence-corrected chi connectivity index (χ2v) is 14.8. The van der Waals surface area contributed by atoms with E-state index in [0.717, 1.165) is 32.1 Å². The molecule has 0 spiro atoms. The van der Waals surface area contributed by atoms with Gasteiger partial charge < -0.3 is 26.2 Å². The first-order chi connectivity index (χ1) is 22.0. The van der Waals surface area contributed by atoms with E-state index in [1.807, 2.05) is 27.7 Å². The van der Waals surface area contributed by atoms with E-state index in [1.165, 1.54) is 4.90 Å². The topological polar surface area (TPSA) is 154 Å². The van der Waals surface area contributed by atoms with Crippen molar-refractivity contribution >= 4 is 35.3 Å². The summed E-state index contributed by atoms with van der Waals surface area (Å²) in [6.07, 6.45) is -0.604. The molecule has 1 unspecified atom stereocenters. The zero-order valence-corrected chi connectivity index (χ0v) is 28.0. The van der Waals surface area contributed by atoms with Crippen molar-refractivity contribution in [2.45, 2.75) is 123 Å². The van der Waals surface area contributed by atoms with E-state index < -0.39 is 66.3 Å². The number of fused-ring (bicyclic) bond motifs is 1. The lowest BCUT2D eigenvalue weighted by Crippen LogP contribution is -2.61. The molecule has 0 aromatic rings. The molecule has 0 aromatic heterocycles. The first kappa shape index (κ1) is 36.6. The van der Waals surface area contributed by atoms with Crippen molar-refractivity contribution in [3.8, 4) is 0 Å². The number of piperidine rings is 1. The Kier molecular flexibility index (Phi) is 11.3. The maximum atomic E-state index is 14.3. The lowest BCUT2D eigenvalue weighted by molar-refractivity contribution is -0.155. The second-order valence-electron chi connectivity index (χ2n) is 14.8. The van der Waals surface area contributed by atoms with Gasteiger partial charge in [-0.3, -0.25) is 24.0 Å². The summed E-state index contributed by atoms with van der Waals surface area (Å²) < 4.78 is 40.6. The molecule has 4 fully saturated rings. The van der Waals surface area contributed by atoms with E-state index in [0.29, 0.717) is 19.3 Å². The van der Waals surface area contributed by atoms with Gasteiger partial charge >= 0.3 is 12.2 Å². The van der Waals surface area contributed by atoms with Gasteiger partial charge in [-0.15, -0.1) is 0 Å². The lowest BCUT2D eigenvalue weighted by atomic mass is 9.83. The van der Waals surface area contributed by atoms with E-state index in [9.17, 15) is 41.9 Å². The van der Waals surface area contributed by atoms with Crippen LogP contribution in [0.5, 0.6) is 0 Å². The smallest absolute Gasteiger partial charge is 0.349 e. The molecule has 11 nitrogen and oxygen atoms in total. The van der Waals surface area contributed by atoms with Crippen molar-refractivity contribution in [3.05, 3.63) is 0 Å². The second kappa shape index (κ2) is 14.5. The van der Waals surface area contributed by atoms with Crippen LogP contribution in [0.2, 0.25) is 0 Å². The van der Waals surface area contributed by atoms with E-state index in [1.54, 1.807) is 6.92 Å². The molecule has 47 heavy (non-hydrogen) atoms. The molecule has 3 aliphatic carbocycles. The number of nitrogens with one attached hydrogen (secondary N) is 4. The highest BCUT2D eigenvalue weighted by Crippen LogP contribution is 2.65. The average molecular weight is 670 g/mol. The van der Waals surface area contributed by atoms with Crippen molar-refractivity contribution in [2.75, 3.05) is 13.1 Å². The molecule has 0 aromatic carbocycles. The molecule has 1 saturated heterocycles. The summed E-state index contributed by atoms with van der Waals surface area (Å²) in [7, 11) is 0. The Morgan fingerprint density at radius 3 is 2.11 bits per heavy atom. The molecule has 0 radical (unpaired) electrons. The Morgan fingerprint density at radius 2 is 1.55 bits per heavy atom. The third kappa shape index (κ3) is 8.65. The quantitative estimate of drug-likeness (QED) is 0.208. The molecule has 0 bridgehead atoms. The monoisotopic (exact) mass is 669 g/mol. The molecular weight excluding hydrogens is 619 g/mol. The zero-order chi connectivity index (χ0) is 34.8. The van der Waals surface area contributed by atoms with Crippen LogP contribution in [-0.2, 0) is 24.0 Å². The average Bonchev–Trinajstić information content (AvgIpc) is 3.89. The SMILES string of the molecule is CCCNC(=O)C(=O)C(CC(F)(F)F)NC(=O)[C@@H]1[C@@H]2[C@H](CN1C(=O)[C@@H](NC(=O)N[C@H](C(=O)C1CC1)C(C)C)C1CCCCC1)C2(C)C. The summed E-state index contributed by atoms with van der Waals surface area (Å²) in [4.78, 5) is 80.8. The molecule has 1 aliphatic heterocycles. The summed E-state index contributed by atoms with van der Waals surface area (Å²) in [5.41, 5.74) is -0.389. The third-order valence-corrected chi connectivity index (χ3v) is 10.5. The van der Waals surface area contributed by atoms with Crippen molar-refractivity contribution in [1.82, 2.24) is 26.2 Å². The summed E-state index contributed by atoms with van der Waals surface area (Å²) in [5, 5.41) is 10.0. The molecule has 5 amide bonds. The van der Waals surface area contributed by atoms with Gasteiger partial charge in [0.05, 0.1) is 12.5 Å². The largest absolute Gasteiger partial charge is 0.391 e. The van der Waals surface area contributed by atoms with Gasteiger partial charge in [-0.25, -0.2) is 4.79 Å². The van der Waals surface area contributed by atoms with Crippen LogP contribution >= 0.6 is 0 Å². The van der Waals surface area contributed by atoms with Crippen LogP contribution in [0, 0.1) is 35.0 Å². The van der Waals surface area contributed by atoms with Gasteiger partial charge in [0.25, 0.3) is 5.91 Å². The number of halogens is 3. The fourth-order valence-corrected chi connectivity index (χ4v) is 7.53. The molecule has 4 N–H and O–H groups in total. The molecule has 4 rings (SSSR count). The molecule has 1 heterocycles. The fourth-order valence-electron chi connectivity index (χ4n) is 7.53.